The van der Waals surface area contributed by atoms with Crippen LogP contribution in [0.5, 0.6) is 0 Å². The molecule has 1 heterocycles. The first-order valence-electron chi connectivity index (χ1n) is 5.87. The molecule has 16 heavy (non-hydrogen) atoms. The highest BCUT2D eigenvalue weighted by atomic mass is 79.9. The third-order valence-electron chi connectivity index (χ3n) is 2.63. The van der Waals surface area contributed by atoms with Gasteiger partial charge in [0.05, 0.1) is 10.7 Å². The minimum Gasteiger partial charge on any atom is -0.292 e. The Morgan fingerprint density at radius 2 is 2.19 bits per heavy atom. The smallest absolute Gasteiger partial charge is 0.184 e. The number of Topliss-reactive ketones (excluding diaryl/α,β-unsaturated/α-hetero) is 1. The van der Waals surface area contributed by atoms with Gasteiger partial charge in [-0.15, -0.1) is 0 Å². The summed E-state index contributed by atoms with van der Waals surface area (Å²) < 4.78 is 2.62. The van der Waals surface area contributed by atoms with Gasteiger partial charge in [0.15, 0.2) is 5.78 Å². The average Bonchev–Trinajstić information content (AvgIpc) is 2.60. The van der Waals surface area contributed by atoms with Gasteiger partial charge in [0.2, 0.25) is 0 Å². The van der Waals surface area contributed by atoms with Crippen LogP contribution in [-0.2, 0) is 6.54 Å². The van der Waals surface area contributed by atoms with E-state index in [1.54, 1.807) is 10.9 Å². The summed E-state index contributed by atoms with van der Waals surface area (Å²) in [5.74, 6) is 0.272. The van der Waals surface area contributed by atoms with Gasteiger partial charge in [0, 0.05) is 12.5 Å². The van der Waals surface area contributed by atoms with E-state index in [0.29, 0.717) is 0 Å². The Bertz CT molecular complexity index is 360. The summed E-state index contributed by atoms with van der Waals surface area (Å²) in [6.07, 6.45) is 4.66. The maximum atomic E-state index is 12.2. The average molecular weight is 287 g/mol. The van der Waals surface area contributed by atoms with Crippen molar-refractivity contribution in [3.63, 3.8) is 0 Å². The van der Waals surface area contributed by atoms with E-state index in [1.807, 2.05) is 6.92 Å². The number of nitrogens with zero attached hydrogens (tertiary/aromatic N) is 2. The monoisotopic (exact) mass is 286 g/mol. The molecule has 0 fully saturated rings. The fourth-order valence-electron chi connectivity index (χ4n) is 1.79. The number of aryl methyl sites for hydroxylation is 1. The maximum absolute atomic E-state index is 12.2. The van der Waals surface area contributed by atoms with Crippen molar-refractivity contribution in [1.29, 1.82) is 0 Å². The molecule has 90 valence electrons. The van der Waals surface area contributed by atoms with Crippen molar-refractivity contribution in [3.8, 4) is 0 Å². The summed E-state index contributed by atoms with van der Waals surface area (Å²) in [5, 5.41) is 4.22. The molecule has 1 aromatic heterocycles. The zero-order valence-electron chi connectivity index (χ0n) is 10.2. The lowest BCUT2D eigenvalue weighted by atomic mass is 9.99. The van der Waals surface area contributed by atoms with Crippen molar-refractivity contribution in [1.82, 2.24) is 9.78 Å². The van der Waals surface area contributed by atoms with E-state index in [-0.39, 0.29) is 11.7 Å². The molecule has 0 aliphatic carbocycles. The molecule has 4 heteroatoms. The molecule has 0 N–H and O–H groups in total. The minimum atomic E-state index is 0.0774. The van der Waals surface area contributed by atoms with Gasteiger partial charge < -0.3 is 0 Å². The van der Waals surface area contributed by atoms with Crippen LogP contribution in [0.4, 0.5) is 0 Å². The molecule has 1 rings (SSSR count). The van der Waals surface area contributed by atoms with Gasteiger partial charge in [-0.25, -0.2) is 0 Å². The fourth-order valence-corrected chi connectivity index (χ4v) is 2.28. The van der Waals surface area contributed by atoms with Gasteiger partial charge >= 0.3 is 0 Å². The fraction of sp³-hybridized carbons (Fsp3) is 0.667. The Kier molecular flexibility index (Phi) is 5.19. The highest BCUT2D eigenvalue weighted by Gasteiger charge is 2.21. The zero-order chi connectivity index (χ0) is 12.1. The van der Waals surface area contributed by atoms with Gasteiger partial charge in [-0.2, -0.15) is 5.10 Å². The summed E-state index contributed by atoms with van der Waals surface area (Å²) in [6, 6.07) is 0. The van der Waals surface area contributed by atoms with Crippen molar-refractivity contribution in [2.24, 2.45) is 5.92 Å². The molecule has 1 atom stereocenters. The van der Waals surface area contributed by atoms with Crippen LogP contribution in [0.15, 0.2) is 10.7 Å². The lowest BCUT2D eigenvalue weighted by Crippen LogP contribution is -2.17. The summed E-state index contributed by atoms with van der Waals surface area (Å²) in [6.45, 7) is 6.97. The van der Waals surface area contributed by atoms with Gasteiger partial charge in [-0.05, 0) is 28.8 Å². The predicted octanol–water partition coefficient (Wildman–Crippen LogP) is 3.67. The van der Waals surface area contributed by atoms with Gasteiger partial charge in [-0.1, -0.05) is 27.2 Å². The second-order valence-corrected chi connectivity index (χ2v) is 4.97. The highest BCUT2D eigenvalue weighted by molar-refractivity contribution is 9.10. The predicted molar refractivity (Wildman–Crippen MR) is 68.6 cm³/mol. The Labute approximate surface area is 105 Å². The molecule has 0 saturated heterocycles. The summed E-state index contributed by atoms with van der Waals surface area (Å²) in [7, 11) is 0. The van der Waals surface area contributed by atoms with Crippen molar-refractivity contribution < 1.29 is 4.79 Å². The second-order valence-electron chi connectivity index (χ2n) is 4.12. The van der Waals surface area contributed by atoms with Crippen LogP contribution in [0.2, 0.25) is 0 Å². The van der Waals surface area contributed by atoms with E-state index >= 15 is 0 Å². The zero-order valence-corrected chi connectivity index (χ0v) is 11.7. The number of carbonyl (C=O) groups excluding carboxylic acids is 1. The van der Waals surface area contributed by atoms with Crippen LogP contribution >= 0.6 is 15.9 Å². The molecule has 0 saturated carbocycles. The van der Waals surface area contributed by atoms with Gasteiger partial charge in [0.1, 0.15) is 5.69 Å². The van der Waals surface area contributed by atoms with E-state index in [2.05, 4.69) is 34.9 Å². The van der Waals surface area contributed by atoms with E-state index in [4.69, 9.17) is 0 Å². The Morgan fingerprint density at radius 3 is 2.75 bits per heavy atom. The molecule has 3 nitrogen and oxygen atoms in total. The minimum absolute atomic E-state index is 0.0774. The normalized spacial score (nSPS) is 12.8. The number of carbonyl (C=O) groups is 1. The van der Waals surface area contributed by atoms with E-state index < -0.39 is 0 Å². The number of rotatable bonds is 6. The first kappa shape index (κ1) is 13.4. The van der Waals surface area contributed by atoms with Crippen molar-refractivity contribution in [2.45, 2.75) is 46.6 Å². The second kappa shape index (κ2) is 6.18. The SMILES string of the molecule is CCCC(C)C(=O)c1c(Br)cnn1CCC. The number of hydrogen-bond acceptors (Lipinski definition) is 2. The number of aromatic nitrogens is 2. The maximum Gasteiger partial charge on any atom is 0.184 e. The Morgan fingerprint density at radius 1 is 1.50 bits per heavy atom. The van der Waals surface area contributed by atoms with Crippen molar-refractivity contribution in [2.75, 3.05) is 0 Å². The molecule has 0 aromatic carbocycles. The molecule has 0 aliphatic rings. The van der Waals surface area contributed by atoms with E-state index in [9.17, 15) is 4.79 Å². The van der Waals surface area contributed by atoms with Crippen LogP contribution in [0, 0.1) is 5.92 Å². The van der Waals surface area contributed by atoms with Crippen LogP contribution in [0.25, 0.3) is 0 Å². The number of hydrogen-bond donors (Lipinski definition) is 0. The standard InChI is InChI=1S/C12H19BrN2O/c1-4-6-9(3)12(16)11-10(13)8-14-15(11)7-5-2/h8-9H,4-7H2,1-3H3. The van der Waals surface area contributed by atoms with Crippen LogP contribution in [-0.4, -0.2) is 15.6 Å². The highest BCUT2D eigenvalue weighted by Crippen LogP contribution is 2.22. The Hall–Kier alpha value is -0.640. The molecule has 1 unspecified atom stereocenters. The number of ketones is 1. The molecular formula is C12H19BrN2O. The number of halogens is 1. The third-order valence-corrected chi connectivity index (χ3v) is 3.21. The van der Waals surface area contributed by atoms with Crippen molar-refractivity contribution in [3.05, 3.63) is 16.4 Å². The molecule has 0 aliphatic heterocycles. The first-order chi connectivity index (χ1) is 7.61. The van der Waals surface area contributed by atoms with Crippen LogP contribution < -0.4 is 0 Å². The lowest BCUT2D eigenvalue weighted by Gasteiger charge is -2.11. The van der Waals surface area contributed by atoms with Gasteiger partial charge in [-0.3, -0.25) is 9.48 Å². The molecule has 0 amide bonds. The Balaban J connectivity index is 2.92. The summed E-state index contributed by atoms with van der Waals surface area (Å²) in [4.78, 5) is 12.2. The lowest BCUT2D eigenvalue weighted by molar-refractivity contribution is 0.0911. The third kappa shape index (κ3) is 2.94. The van der Waals surface area contributed by atoms with Crippen LogP contribution in [0.3, 0.4) is 0 Å². The molecule has 1 aromatic rings. The summed E-state index contributed by atoms with van der Waals surface area (Å²) >= 11 is 3.40. The largest absolute Gasteiger partial charge is 0.292 e. The molecule has 0 bridgehead atoms. The molecule has 0 radical (unpaired) electrons. The summed E-state index contributed by atoms with van der Waals surface area (Å²) in [5.41, 5.74) is 0.725. The van der Waals surface area contributed by atoms with Crippen LogP contribution in [0.1, 0.15) is 50.5 Å². The van der Waals surface area contributed by atoms with Crippen molar-refractivity contribution >= 4 is 21.7 Å². The first-order valence-corrected chi connectivity index (χ1v) is 6.66. The molecule has 0 spiro atoms. The van der Waals surface area contributed by atoms with E-state index in [0.717, 1.165) is 36.0 Å². The van der Waals surface area contributed by atoms with E-state index in [1.165, 1.54) is 0 Å². The molecular weight excluding hydrogens is 268 g/mol. The van der Waals surface area contributed by atoms with Gasteiger partial charge in [0.25, 0.3) is 0 Å². The quantitative estimate of drug-likeness (QED) is 0.748. The topological polar surface area (TPSA) is 34.9 Å².